The number of aryl methyl sites for hydroxylation is 1. The van der Waals surface area contributed by atoms with Gasteiger partial charge in [0.1, 0.15) is 11.5 Å². The van der Waals surface area contributed by atoms with E-state index in [1.54, 1.807) is 6.20 Å². The van der Waals surface area contributed by atoms with Gasteiger partial charge in [-0.15, -0.1) is 0 Å². The Hall–Kier alpha value is -2.85. The summed E-state index contributed by atoms with van der Waals surface area (Å²) in [6, 6.07) is 16.1. The van der Waals surface area contributed by atoms with Crippen LogP contribution in [0.15, 0.2) is 60.9 Å². The smallest absolute Gasteiger partial charge is 0.137 e. The molecule has 1 aromatic carbocycles. The average molecular weight is 363 g/mol. The van der Waals surface area contributed by atoms with Gasteiger partial charge < -0.3 is 10.3 Å². The van der Waals surface area contributed by atoms with Crippen LogP contribution in [0.2, 0.25) is 5.02 Å². The molecule has 4 aromatic rings. The first kappa shape index (κ1) is 16.6. The Morgan fingerprint density at radius 3 is 2.73 bits per heavy atom. The molecule has 26 heavy (non-hydrogen) atoms. The van der Waals surface area contributed by atoms with Crippen molar-refractivity contribution in [3.63, 3.8) is 0 Å². The molecule has 0 aliphatic rings. The predicted molar refractivity (Wildman–Crippen MR) is 107 cm³/mol. The Morgan fingerprint density at radius 2 is 1.88 bits per heavy atom. The molecule has 0 saturated heterocycles. The van der Waals surface area contributed by atoms with Crippen molar-refractivity contribution in [3.05, 3.63) is 88.3 Å². The monoisotopic (exact) mass is 362 g/mol. The molecule has 3 heterocycles. The van der Waals surface area contributed by atoms with Crippen LogP contribution in [-0.2, 0) is 13.0 Å². The van der Waals surface area contributed by atoms with Gasteiger partial charge in [-0.25, -0.2) is 9.97 Å². The minimum Gasteiger partial charge on any atom is -0.366 e. The van der Waals surface area contributed by atoms with E-state index in [2.05, 4.69) is 33.5 Å². The van der Waals surface area contributed by atoms with E-state index < -0.39 is 0 Å². The molecule has 0 saturated carbocycles. The van der Waals surface area contributed by atoms with Crippen LogP contribution < -0.4 is 5.32 Å². The number of hydrogen-bond acceptors (Lipinski definition) is 3. The third-order valence-electron chi connectivity index (χ3n) is 4.41. The first-order valence-corrected chi connectivity index (χ1v) is 8.92. The molecule has 0 unspecified atom stereocenters. The number of nitrogens with one attached hydrogen (secondary N) is 2. The van der Waals surface area contributed by atoms with E-state index in [9.17, 15) is 0 Å². The second-order valence-electron chi connectivity index (χ2n) is 6.33. The van der Waals surface area contributed by atoms with Crippen molar-refractivity contribution in [2.45, 2.75) is 19.9 Å². The number of anilines is 1. The fourth-order valence-corrected chi connectivity index (χ4v) is 3.16. The van der Waals surface area contributed by atoms with Gasteiger partial charge in [-0.1, -0.05) is 29.8 Å². The Morgan fingerprint density at radius 1 is 1.04 bits per heavy atom. The molecular formula is C21H19ClN4. The van der Waals surface area contributed by atoms with Crippen LogP contribution in [0.3, 0.4) is 0 Å². The molecule has 5 heteroatoms. The lowest BCUT2D eigenvalue weighted by Gasteiger charge is -2.12. The Bertz CT molecular complexity index is 1040. The normalized spacial score (nSPS) is 11.0. The maximum absolute atomic E-state index is 5.96. The number of H-pyrrole nitrogens is 1. The zero-order valence-corrected chi connectivity index (χ0v) is 15.2. The number of rotatable bonds is 5. The van der Waals surface area contributed by atoms with Crippen LogP contribution >= 0.6 is 11.6 Å². The van der Waals surface area contributed by atoms with Crippen molar-refractivity contribution in [3.8, 4) is 0 Å². The molecule has 0 atom stereocenters. The van der Waals surface area contributed by atoms with E-state index in [4.69, 9.17) is 16.6 Å². The topological polar surface area (TPSA) is 53.6 Å². The van der Waals surface area contributed by atoms with Crippen molar-refractivity contribution in [1.82, 2.24) is 15.0 Å². The van der Waals surface area contributed by atoms with Crippen LogP contribution in [0.4, 0.5) is 5.82 Å². The van der Waals surface area contributed by atoms with Gasteiger partial charge >= 0.3 is 0 Å². The minimum atomic E-state index is 0.704. The summed E-state index contributed by atoms with van der Waals surface area (Å²) in [5.41, 5.74) is 5.45. The average Bonchev–Trinajstić information content (AvgIpc) is 3.06. The molecule has 3 aromatic heterocycles. The highest BCUT2D eigenvalue weighted by molar-refractivity contribution is 6.30. The van der Waals surface area contributed by atoms with Gasteiger partial charge in [0.05, 0.1) is 0 Å². The Kier molecular flexibility index (Phi) is 4.59. The highest BCUT2D eigenvalue weighted by Gasteiger charge is 2.10. The fraction of sp³-hybridized carbons (Fsp3) is 0.143. The first-order valence-electron chi connectivity index (χ1n) is 8.55. The summed E-state index contributed by atoms with van der Waals surface area (Å²) in [6.07, 6.45) is 4.62. The summed E-state index contributed by atoms with van der Waals surface area (Å²) in [7, 11) is 0. The SMILES string of the molecule is Cc1ccc(Cc2c[nH]c3ncccc23)c(NCc2ccc(Cl)cc2)n1. The third kappa shape index (κ3) is 3.55. The lowest BCUT2D eigenvalue weighted by Crippen LogP contribution is -2.06. The van der Waals surface area contributed by atoms with Gasteiger partial charge in [-0.3, -0.25) is 0 Å². The molecule has 0 bridgehead atoms. The van der Waals surface area contributed by atoms with E-state index in [0.717, 1.165) is 39.6 Å². The summed E-state index contributed by atoms with van der Waals surface area (Å²) in [5.74, 6) is 0.915. The molecule has 0 amide bonds. The second kappa shape index (κ2) is 7.18. The minimum absolute atomic E-state index is 0.704. The molecule has 0 aliphatic carbocycles. The molecule has 4 nitrogen and oxygen atoms in total. The van der Waals surface area contributed by atoms with Gasteiger partial charge in [-0.05, 0) is 53.9 Å². The summed E-state index contributed by atoms with van der Waals surface area (Å²) >= 11 is 5.96. The number of nitrogens with zero attached hydrogens (tertiary/aromatic N) is 2. The van der Waals surface area contributed by atoms with Gasteiger partial charge in [0, 0.05) is 41.5 Å². The zero-order chi connectivity index (χ0) is 17.9. The lowest BCUT2D eigenvalue weighted by molar-refractivity contribution is 1.05. The number of halogens is 1. The third-order valence-corrected chi connectivity index (χ3v) is 4.66. The lowest BCUT2D eigenvalue weighted by atomic mass is 10.1. The maximum atomic E-state index is 5.96. The van der Waals surface area contributed by atoms with Crippen molar-refractivity contribution in [1.29, 1.82) is 0 Å². The van der Waals surface area contributed by atoms with Crippen molar-refractivity contribution < 1.29 is 0 Å². The summed E-state index contributed by atoms with van der Waals surface area (Å²) in [6.45, 7) is 2.71. The van der Waals surface area contributed by atoms with Crippen molar-refractivity contribution in [2.75, 3.05) is 5.32 Å². The molecule has 0 aliphatic heterocycles. The number of aromatic nitrogens is 3. The van der Waals surface area contributed by atoms with E-state index >= 15 is 0 Å². The molecule has 2 N–H and O–H groups in total. The maximum Gasteiger partial charge on any atom is 0.137 e. The summed E-state index contributed by atoms with van der Waals surface area (Å²) in [4.78, 5) is 12.3. The van der Waals surface area contributed by atoms with E-state index in [0.29, 0.717) is 6.54 Å². The van der Waals surface area contributed by atoms with Crippen molar-refractivity contribution >= 4 is 28.5 Å². The number of fused-ring (bicyclic) bond motifs is 1. The number of aromatic amines is 1. The van der Waals surface area contributed by atoms with Crippen LogP contribution in [0.25, 0.3) is 11.0 Å². The summed E-state index contributed by atoms with van der Waals surface area (Å²) < 4.78 is 0. The van der Waals surface area contributed by atoms with E-state index in [1.807, 2.05) is 43.5 Å². The van der Waals surface area contributed by atoms with Crippen LogP contribution in [0, 0.1) is 6.92 Å². The molecule has 4 rings (SSSR count). The van der Waals surface area contributed by atoms with Crippen LogP contribution in [0.1, 0.15) is 22.4 Å². The predicted octanol–water partition coefficient (Wildman–Crippen LogP) is 5.12. The molecular weight excluding hydrogens is 344 g/mol. The van der Waals surface area contributed by atoms with E-state index in [-0.39, 0.29) is 0 Å². The second-order valence-corrected chi connectivity index (χ2v) is 6.77. The highest BCUT2D eigenvalue weighted by Crippen LogP contribution is 2.23. The van der Waals surface area contributed by atoms with Gasteiger partial charge in [-0.2, -0.15) is 0 Å². The van der Waals surface area contributed by atoms with Gasteiger partial charge in [0.15, 0.2) is 0 Å². The quantitative estimate of drug-likeness (QED) is 0.518. The highest BCUT2D eigenvalue weighted by atomic mass is 35.5. The zero-order valence-electron chi connectivity index (χ0n) is 14.5. The molecule has 0 fully saturated rings. The molecule has 0 spiro atoms. The van der Waals surface area contributed by atoms with Crippen LogP contribution in [0.5, 0.6) is 0 Å². The molecule has 0 radical (unpaired) electrons. The Balaban J connectivity index is 1.59. The van der Waals surface area contributed by atoms with E-state index in [1.165, 1.54) is 11.1 Å². The van der Waals surface area contributed by atoms with Crippen LogP contribution in [-0.4, -0.2) is 15.0 Å². The molecule has 130 valence electrons. The summed E-state index contributed by atoms with van der Waals surface area (Å²) in [5, 5.41) is 5.37. The standard InChI is InChI=1S/C21H19ClN4/c1-14-4-7-16(11-17-13-25-21-19(17)3-2-10-23-21)20(26-14)24-12-15-5-8-18(22)9-6-15/h2-10,13H,11-12H2,1H3,(H,23,25)(H,24,26). The number of hydrogen-bond donors (Lipinski definition) is 2. The van der Waals surface area contributed by atoms with Crippen molar-refractivity contribution in [2.24, 2.45) is 0 Å². The Labute approximate surface area is 157 Å². The first-order chi connectivity index (χ1) is 12.7. The van der Waals surface area contributed by atoms with Gasteiger partial charge in [0.2, 0.25) is 0 Å². The number of benzene rings is 1. The number of pyridine rings is 2. The van der Waals surface area contributed by atoms with Gasteiger partial charge in [0.25, 0.3) is 0 Å². The fourth-order valence-electron chi connectivity index (χ4n) is 3.03. The largest absolute Gasteiger partial charge is 0.366 e.